The van der Waals surface area contributed by atoms with Crippen molar-refractivity contribution < 1.29 is 8.42 Å². The molecule has 0 aromatic heterocycles. The molecular weight excluding hydrogens is 377 g/mol. The molecule has 6 heteroatoms. The van der Waals surface area contributed by atoms with Crippen molar-refractivity contribution in [2.24, 2.45) is 0 Å². The smallest absolute Gasteiger partial charge is 0.215 e. The van der Waals surface area contributed by atoms with Crippen molar-refractivity contribution in [2.45, 2.75) is 37.4 Å². The third-order valence-corrected chi connectivity index (χ3v) is 6.75. The summed E-state index contributed by atoms with van der Waals surface area (Å²) >= 11 is 11.8. The first kappa shape index (κ1) is 18.7. The van der Waals surface area contributed by atoms with Crippen LogP contribution in [0.25, 0.3) is 0 Å². The van der Waals surface area contributed by atoms with Gasteiger partial charge in [-0.3, -0.25) is 0 Å². The Hall–Kier alpha value is -1.07. The van der Waals surface area contributed by atoms with Crippen LogP contribution in [0.15, 0.2) is 42.5 Å². The zero-order valence-electron chi connectivity index (χ0n) is 13.8. The quantitative estimate of drug-likeness (QED) is 0.751. The van der Waals surface area contributed by atoms with Crippen molar-refractivity contribution in [1.29, 1.82) is 0 Å². The van der Waals surface area contributed by atoms with E-state index in [1.54, 1.807) is 18.2 Å². The number of fused-ring (bicyclic) bond motifs is 1. The van der Waals surface area contributed by atoms with Crippen LogP contribution in [0.1, 0.15) is 41.9 Å². The maximum atomic E-state index is 12.3. The van der Waals surface area contributed by atoms with Crippen LogP contribution < -0.4 is 4.72 Å². The van der Waals surface area contributed by atoms with Gasteiger partial charge in [-0.25, -0.2) is 13.1 Å². The average Bonchev–Trinajstić information content (AvgIpc) is 2.58. The van der Waals surface area contributed by atoms with E-state index in [0.29, 0.717) is 28.1 Å². The lowest BCUT2D eigenvalue weighted by Crippen LogP contribution is -2.27. The first-order chi connectivity index (χ1) is 11.9. The molecule has 1 N–H and O–H groups in total. The molecule has 0 aliphatic heterocycles. The maximum absolute atomic E-state index is 12.3. The molecule has 3 nitrogen and oxygen atoms in total. The van der Waals surface area contributed by atoms with Crippen molar-refractivity contribution in [3.8, 4) is 0 Å². The van der Waals surface area contributed by atoms with Crippen molar-refractivity contribution in [1.82, 2.24) is 4.72 Å². The lowest BCUT2D eigenvalue weighted by atomic mass is 9.81. The van der Waals surface area contributed by atoms with Crippen LogP contribution in [0.2, 0.25) is 10.0 Å². The van der Waals surface area contributed by atoms with Crippen molar-refractivity contribution in [3.63, 3.8) is 0 Å². The molecule has 0 fully saturated rings. The van der Waals surface area contributed by atoms with Crippen molar-refractivity contribution in [2.75, 3.05) is 6.54 Å². The van der Waals surface area contributed by atoms with E-state index in [0.717, 1.165) is 25.7 Å². The molecule has 1 atom stereocenters. The van der Waals surface area contributed by atoms with Gasteiger partial charge in [0, 0.05) is 6.54 Å². The Bertz CT molecular complexity index is 852. The predicted molar refractivity (Wildman–Crippen MR) is 104 cm³/mol. The largest absolute Gasteiger partial charge is 0.215 e. The van der Waals surface area contributed by atoms with Gasteiger partial charge in [-0.15, -0.1) is 0 Å². The molecule has 134 valence electrons. The minimum Gasteiger partial charge on any atom is -0.215 e. The molecule has 0 bridgehead atoms. The fourth-order valence-corrected chi connectivity index (χ4v) is 4.91. The van der Waals surface area contributed by atoms with Crippen LogP contribution in [0.5, 0.6) is 0 Å². The fourth-order valence-electron chi connectivity index (χ4n) is 3.44. The number of nitrogens with one attached hydrogen (secondary N) is 1. The first-order valence-corrected chi connectivity index (χ1v) is 10.8. The summed E-state index contributed by atoms with van der Waals surface area (Å²) in [5.74, 6) is 0.336. The first-order valence-electron chi connectivity index (χ1n) is 8.44. The Morgan fingerprint density at radius 1 is 1.08 bits per heavy atom. The molecule has 25 heavy (non-hydrogen) atoms. The van der Waals surface area contributed by atoms with Gasteiger partial charge in [0.15, 0.2) is 0 Å². The van der Waals surface area contributed by atoms with Gasteiger partial charge in [-0.2, -0.15) is 0 Å². The molecule has 0 saturated carbocycles. The van der Waals surface area contributed by atoms with Gasteiger partial charge in [0.1, 0.15) is 0 Å². The van der Waals surface area contributed by atoms with E-state index in [1.165, 1.54) is 11.1 Å². The van der Waals surface area contributed by atoms with Crippen LogP contribution in [0.3, 0.4) is 0 Å². The van der Waals surface area contributed by atoms with Crippen molar-refractivity contribution >= 4 is 33.2 Å². The van der Waals surface area contributed by atoms with Crippen molar-refractivity contribution in [3.05, 3.63) is 69.2 Å². The molecule has 2 aromatic rings. The SMILES string of the molecule is O=S(=O)(Cc1ccc(Cl)c(Cl)c1)NCCC1CCCc2ccccc21. The summed E-state index contributed by atoms with van der Waals surface area (Å²) in [6.07, 6.45) is 4.22. The summed E-state index contributed by atoms with van der Waals surface area (Å²) in [6.45, 7) is 0.447. The average molecular weight is 398 g/mol. The van der Waals surface area contributed by atoms with E-state index in [-0.39, 0.29) is 5.75 Å². The summed E-state index contributed by atoms with van der Waals surface area (Å²) in [4.78, 5) is 0. The third-order valence-electron chi connectivity index (χ3n) is 4.65. The Labute approximate surface area is 159 Å². The summed E-state index contributed by atoms with van der Waals surface area (Å²) in [6, 6.07) is 13.4. The monoisotopic (exact) mass is 397 g/mol. The van der Waals surface area contributed by atoms with E-state index in [2.05, 4.69) is 29.0 Å². The van der Waals surface area contributed by atoms with Gasteiger partial charge < -0.3 is 0 Å². The number of hydrogen-bond donors (Lipinski definition) is 1. The molecule has 0 spiro atoms. The van der Waals surface area contributed by atoms with E-state index in [4.69, 9.17) is 23.2 Å². The Kier molecular flexibility index (Phi) is 6.05. The van der Waals surface area contributed by atoms with Crippen LogP contribution >= 0.6 is 23.2 Å². The highest BCUT2D eigenvalue weighted by molar-refractivity contribution is 7.88. The predicted octanol–water partition coefficient (Wildman–Crippen LogP) is 4.92. The molecule has 1 aliphatic rings. The van der Waals surface area contributed by atoms with Gasteiger partial charge in [0.05, 0.1) is 15.8 Å². The number of benzene rings is 2. The second-order valence-electron chi connectivity index (χ2n) is 6.48. The van der Waals surface area contributed by atoms with E-state index in [1.807, 2.05) is 0 Å². The Morgan fingerprint density at radius 2 is 1.88 bits per heavy atom. The molecule has 3 rings (SSSR count). The topological polar surface area (TPSA) is 46.2 Å². The van der Waals surface area contributed by atoms with E-state index >= 15 is 0 Å². The highest BCUT2D eigenvalue weighted by Gasteiger charge is 2.20. The zero-order chi connectivity index (χ0) is 17.9. The van der Waals surface area contributed by atoms with E-state index in [9.17, 15) is 8.42 Å². The number of rotatable bonds is 6. The van der Waals surface area contributed by atoms with Gasteiger partial charge in [-0.05, 0) is 60.4 Å². The Balaban J connectivity index is 1.57. The van der Waals surface area contributed by atoms with Crippen LogP contribution in [-0.2, 0) is 22.2 Å². The summed E-state index contributed by atoms with van der Waals surface area (Å²) < 4.78 is 27.3. The van der Waals surface area contributed by atoms with Crippen LogP contribution in [0, 0.1) is 0 Å². The third kappa shape index (κ3) is 4.98. The molecule has 0 saturated heterocycles. The summed E-state index contributed by atoms with van der Waals surface area (Å²) in [5, 5.41) is 0.792. The van der Waals surface area contributed by atoms with Crippen LogP contribution in [0.4, 0.5) is 0 Å². The maximum Gasteiger partial charge on any atom is 0.215 e. The number of aryl methyl sites for hydroxylation is 1. The Morgan fingerprint density at radius 3 is 2.68 bits per heavy atom. The van der Waals surface area contributed by atoms with Crippen LogP contribution in [-0.4, -0.2) is 15.0 Å². The standard InChI is InChI=1S/C19H21Cl2NO2S/c20-18-9-8-14(12-19(18)21)13-25(23,24)22-11-10-16-6-3-5-15-4-1-2-7-17(15)16/h1-2,4,7-9,12,16,22H,3,5-6,10-11,13H2. The second-order valence-corrected chi connectivity index (χ2v) is 9.10. The highest BCUT2D eigenvalue weighted by atomic mass is 35.5. The van der Waals surface area contributed by atoms with Gasteiger partial charge in [0.25, 0.3) is 0 Å². The number of hydrogen-bond acceptors (Lipinski definition) is 2. The van der Waals surface area contributed by atoms with E-state index < -0.39 is 10.0 Å². The molecule has 1 aliphatic carbocycles. The zero-order valence-corrected chi connectivity index (χ0v) is 16.2. The molecule has 0 heterocycles. The van der Waals surface area contributed by atoms with Gasteiger partial charge >= 0.3 is 0 Å². The summed E-state index contributed by atoms with van der Waals surface area (Å²) in [5.41, 5.74) is 3.40. The minimum absolute atomic E-state index is 0.0921. The minimum atomic E-state index is -3.39. The number of sulfonamides is 1. The lowest BCUT2D eigenvalue weighted by Gasteiger charge is -2.25. The molecule has 0 radical (unpaired) electrons. The summed E-state index contributed by atoms with van der Waals surface area (Å²) in [7, 11) is -3.39. The second kappa shape index (κ2) is 8.09. The highest BCUT2D eigenvalue weighted by Crippen LogP contribution is 2.33. The van der Waals surface area contributed by atoms with Gasteiger partial charge in [-0.1, -0.05) is 53.5 Å². The fraction of sp³-hybridized carbons (Fsp3) is 0.368. The lowest BCUT2D eigenvalue weighted by molar-refractivity contribution is 0.512. The molecule has 0 amide bonds. The normalized spacial score (nSPS) is 17.3. The number of halogens is 2. The molecule has 1 unspecified atom stereocenters. The molecular formula is C19H21Cl2NO2S. The molecule has 2 aromatic carbocycles. The van der Waals surface area contributed by atoms with Gasteiger partial charge in [0.2, 0.25) is 10.0 Å².